The average molecular weight is 503 g/mol. The van der Waals surface area contributed by atoms with Crippen LogP contribution >= 0.6 is 0 Å². The first kappa shape index (κ1) is 25.8. The number of alkyl carbamates (subject to hydrolysis) is 1. The lowest BCUT2D eigenvalue weighted by Crippen LogP contribution is -2.43. The Morgan fingerprint density at radius 3 is 2.53 bits per heavy atom. The third-order valence-electron chi connectivity index (χ3n) is 5.94. The van der Waals surface area contributed by atoms with E-state index in [1.54, 1.807) is 49.8 Å². The van der Waals surface area contributed by atoms with E-state index in [2.05, 4.69) is 15.4 Å². The van der Waals surface area contributed by atoms with Crippen molar-refractivity contribution in [2.75, 3.05) is 6.61 Å². The molecule has 1 aromatic carbocycles. The minimum atomic E-state index is -3.01. The summed E-state index contributed by atoms with van der Waals surface area (Å²) in [6, 6.07) is 7.02. The third-order valence-corrected chi connectivity index (χ3v) is 5.94. The molecule has 10 heteroatoms. The lowest BCUT2D eigenvalue weighted by Gasteiger charge is -2.29. The normalized spacial score (nSPS) is 16.8. The van der Waals surface area contributed by atoms with Gasteiger partial charge in [-0.1, -0.05) is 6.07 Å². The Morgan fingerprint density at radius 2 is 1.92 bits per heavy atom. The Kier molecular flexibility index (Phi) is 7.17. The fourth-order valence-electron chi connectivity index (χ4n) is 4.21. The van der Waals surface area contributed by atoms with Crippen LogP contribution in [0, 0.1) is 0 Å². The zero-order valence-electron chi connectivity index (χ0n) is 21.2. The zero-order chi connectivity index (χ0) is 26.1. The van der Waals surface area contributed by atoms with Gasteiger partial charge >= 0.3 is 12.7 Å². The summed E-state index contributed by atoms with van der Waals surface area (Å²) < 4.78 is 44.7. The first-order valence-electron chi connectivity index (χ1n) is 12.0. The van der Waals surface area contributed by atoms with Crippen molar-refractivity contribution in [1.82, 2.24) is 20.1 Å². The second-order valence-corrected chi connectivity index (χ2v) is 10.3. The molecule has 1 atom stereocenters. The number of carbonyl (C=O) groups is 1. The van der Waals surface area contributed by atoms with Crippen LogP contribution in [0.4, 0.5) is 13.6 Å². The number of carbonyl (C=O) groups excluding carboxylic acids is 1. The topological polar surface area (TPSA) is 87.5 Å². The smallest absolute Gasteiger partial charge is 0.408 e. The molecule has 0 radical (unpaired) electrons. The van der Waals surface area contributed by atoms with Gasteiger partial charge in [-0.25, -0.2) is 9.48 Å². The van der Waals surface area contributed by atoms with E-state index in [4.69, 9.17) is 14.2 Å². The number of rotatable bonds is 6. The Bertz CT molecular complexity index is 1210. The van der Waals surface area contributed by atoms with Crippen LogP contribution < -0.4 is 10.1 Å². The second kappa shape index (κ2) is 10.0. The highest BCUT2D eigenvalue weighted by Crippen LogP contribution is 2.39. The number of hydrogen-bond donors (Lipinski definition) is 1. The Labute approximate surface area is 208 Å². The standard InChI is InChI=1S/C26H32F2N4O4/c1-25(2,3)36-24(33)31-26(4,5)16-9-11-19(29-14-16)17-10-12-20-18(22(17)35-23(27)28)15-30-32(20)21-8-6-7-13-34-21/h9-12,14-15,21,23H,6-8,13H2,1-5H3,(H,31,33). The number of benzene rings is 1. The molecule has 0 aliphatic carbocycles. The van der Waals surface area contributed by atoms with Gasteiger partial charge in [0.2, 0.25) is 0 Å². The molecule has 3 aromatic rings. The molecule has 194 valence electrons. The van der Waals surface area contributed by atoms with Gasteiger partial charge in [-0.3, -0.25) is 4.98 Å². The van der Waals surface area contributed by atoms with E-state index in [1.165, 1.54) is 6.20 Å². The molecule has 2 aromatic heterocycles. The van der Waals surface area contributed by atoms with Crippen LogP contribution in [-0.2, 0) is 15.0 Å². The Hall–Kier alpha value is -3.27. The highest BCUT2D eigenvalue weighted by Gasteiger charge is 2.27. The predicted octanol–water partition coefficient (Wildman–Crippen LogP) is 6.16. The fraction of sp³-hybridized carbons (Fsp3) is 0.500. The molecular formula is C26H32F2N4O4. The van der Waals surface area contributed by atoms with Crippen molar-refractivity contribution in [3.63, 3.8) is 0 Å². The molecular weight excluding hydrogens is 470 g/mol. The first-order valence-corrected chi connectivity index (χ1v) is 12.0. The number of nitrogens with zero attached hydrogens (tertiary/aromatic N) is 3. The van der Waals surface area contributed by atoms with Gasteiger partial charge in [0.05, 0.1) is 28.3 Å². The van der Waals surface area contributed by atoms with E-state index in [9.17, 15) is 13.6 Å². The number of hydrogen-bond acceptors (Lipinski definition) is 6. The van der Waals surface area contributed by atoms with E-state index in [0.717, 1.165) is 24.8 Å². The number of amides is 1. The van der Waals surface area contributed by atoms with Gasteiger partial charge in [-0.2, -0.15) is 13.9 Å². The molecule has 1 unspecified atom stereocenters. The van der Waals surface area contributed by atoms with Crippen molar-refractivity contribution >= 4 is 17.0 Å². The van der Waals surface area contributed by atoms with Crippen molar-refractivity contribution in [3.05, 3.63) is 42.2 Å². The summed E-state index contributed by atoms with van der Waals surface area (Å²) in [5, 5.41) is 7.71. The summed E-state index contributed by atoms with van der Waals surface area (Å²) in [4.78, 5) is 16.8. The third kappa shape index (κ3) is 5.75. The van der Waals surface area contributed by atoms with Crippen LogP contribution in [0.2, 0.25) is 0 Å². The minimum Gasteiger partial charge on any atom is -0.444 e. The molecule has 0 bridgehead atoms. The van der Waals surface area contributed by atoms with Crippen molar-refractivity contribution < 1.29 is 27.8 Å². The number of alkyl halides is 2. The maximum Gasteiger partial charge on any atom is 0.408 e. The number of ether oxygens (including phenoxy) is 3. The molecule has 0 saturated carbocycles. The van der Waals surface area contributed by atoms with Crippen molar-refractivity contribution in [2.24, 2.45) is 0 Å². The summed E-state index contributed by atoms with van der Waals surface area (Å²) in [7, 11) is 0. The van der Waals surface area contributed by atoms with Crippen LogP contribution in [0.3, 0.4) is 0 Å². The van der Waals surface area contributed by atoms with Crippen LogP contribution in [-0.4, -0.2) is 39.7 Å². The summed E-state index contributed by atoms with van der Waals surface area (Å²) in [5.74, 6) is 0.0101. The van der Waals surface area contributed by atoms with Gasteiger partial charge in [-0.15, -0.1) is 0 Å². The van der Waals surface area contributed by atoms with Gasteiger partial charge in [0.25, 0.3) is 0 Å². The van der Waals surface area contributed by atoms with Crippen molar-refractivity contribution in [2.45, 2.75) is 77.9 Å². The molecule has 1 fully saturated rings. The maximum atomic E-state index is 13.4. The molecule has 1 aliphatic rings. The number of aromatic nitrogens is 3. The quantitative estimate of drug-likeness (QED) is 0.434. The number of pyridine rings is 1. The van der Waals surface area contributed by atoms with Crippen LogP contribution in [0.15, 0.2) is 36.7 Å². The molecule has 36 heavy (non-hydrogen) atoms. The fourth-order valence-corrected chi connectivity index (χ4v) is 4.21. The molecule has 0 spiro atoms. The second-order valence-electron chi connectivity index (χ2n) is 10.3. The first-order chi connectivity index (χ1) is 16.9. The molecule has 1 aliphatic heterocycles. The van der Waals surface area contributed by atoms with Crippen molar-refractivity contribution in [3.8, 4) is 17.0 Å². The number of nitrogens with one attached hydrogen (secondary N) is 1. The summed E-state index contributed by atoms with van der Waals surface area (Å²) in [5.41, 5.74) is 0.833. The van der Waals surface area contributed by atoms with E-state index in [1.807, 2.05) is 19.9 Å². The average Bonchev–Trinajstić information content (AvgIpc) is 3.23. The lowest BCUT2D eigenvalue weighted by atomic mass is 9.95. The van der Waals surface area contributed by atoms with Crippen LogP contribution in [0.5, 0.6) is 5.75 Å². The monoisotopic (exact) mass is 502 g/mol. The van der Waals surface area contributed by atoms with Gasteiger partial charge in [-0.05, 0) is 77.6 Å². The van der Waals surface area contributed by atoms with Crippen LogP contribution in [0.1, 0.15) is 65.7 Å². The largest absolute Gasteiger partial charge is 0.444 e. The summed E-state index contributed by atoms with van der Waals surface area (Å²) in [6.45, 7) is 6.65. The highest BCUT2D eigenvalue weighted by atomic mass is 19.3. The Morgan fingerprint density at radius 1 is 1.14 bits per heavy atom. The van der Waals surface area contributed by atoms with Gasteiger partial charge in [0, 0.05) is 18.4 Å². The van der Waals surface area contributed by atoms with E-state index in [0.29, 0.717) is 28.8 Å². The summed E-state index contributed by atoms with van der Waals surface area (Å²) in [6.07, 6.45) is 5.15. The zero-order valence-corrected chi connectivity index (χ0v) is 21.2. The van der Waals surface area contributed by atoms with E-state index >= 15 is 0 Å². The van der Waals surface area contributed by atoms with Gasteiger partial charge in [0.1, 0.15) is 11.4 Å². The highest BCUT2D eigenvalue weighted by molar-refractivity contribution is 5.92. The maximum absolute atomic E-state index is 13.4. The predicted molar refractivity (Wildman–Crippen MR) is 131 cm³/mol. The van der Waals surface area contributed by atoms with Crippen molar-refractivity contribution in [1.29, 1.82) is 0 Å². The molecule has 3 heterocycles. The Balaban J connectivity index is 1.65. The van der Waals surface area contributed by atoms with E-state index in [-0.39, 0.29) is 12.0 Å². The molecule has 8 nitrogen and oxygen atoms in total. The SMILES string of the molecule is CC(C)(C)OC(=O)NC(C)(C)c1ccc(-c2ccc3c(cnn3C3CCCCO3)c2OC(F)F)nc1. The minimum absolute atomic E-state index is 0.0101. The number of halogens is 2. The summed E-state index contributed by atoms with van der Waals surface area (Å²) >= 11 is 0. The molecule has 1 N–H and O–H groups in total. The lowest BCUT2D eigenvalue weighted by molar-refractivity contribution is -0.0484. The van der Waals surface area contributed by atoms with Crippen LogP contribution in [0.25, 0.3) is 22.2 Å². The molecule has 4 rings (SSSR count). The number of fused-ring (bicyclic) bond motifs is 1. The molecule has 1 amide bonds. The van der Waals surface area contributed by atoms with E-state index < -0.39 is 23.8 Å². The van der Waals surface area contributed by atoms with Gasteiger partial charge < -0.3 is 19.5 Å². The van der Waals surface area contributed by atoms with Gasteiger partial charge in [0.15, 0.2) is 6.23 Å². The molecule has 1 saturated heterocycles.